The highest BCUT2D eigenvalue weighted by atomic mass is 79.9. The van der Waals surface area contributed by atoms with E-state index in [1.807, 2.05) is 0 Å². The van der Waals surface area contributed by atoms with Gasteiger partial charge in [-0.05, 0) is 30.7 Å². The fourth-order valence-electron chi connectivity index (χ4n) is 1.31. The monoisotopic (exact) mass is 355 g/mol. The molecule has 1 N–H and O–H groups in total. The Morgan fingerprint density at radius 3 is 2.56 bits per heavy atom. The first-order chi connectivity index (χ1) is 8.45. The fourth-order valence-corrected chi connectivity index (χ4v) is 2.98. The molecule has 0 radical (unpaired) electrons. The van der Waals surface area contributed by atoms with Gasteiger partial charge in [-0.25, -0.2) is 13.1 Å². The van der Waals surface area contributed by atoms with Crippen molar-refractivity contribution in [1.29, 1.82) is 0 Å². The number of benzene rings is 1. The number of hydrogen-bond acceptors (Lipinski definition) is 3. The molecule has 0 amide bonds. The fraction of sp³-hybridized carbons (Fsp3) is 0.455. The summed E-state index contributed by atoms with van der Waals surface area (Å²) in [6.45, 7) is 0.896. The lowest BCUT2D eigenvalue weighted by atomic mass is 10.3. The SMILES string of the molecule is COCC(Br)CCNS(=O)(=O)c1ccc(Cl)cc1. The molecular formula is C11H15BrClNO3S. The first kappa shape index (κ1) is 15.9. The van der Waals surface area contributed by atoms with Crippen LogP contribution in [-0.4, -0.2) is 33.5 Å². The van der Waals surface area contributed by atoms with E-state index in [-0.39, 0.29) is 9.72 Å². The summed E-state index contributed by atoms with van der Waals surface area (Å²) < 4.78 is 31.2. The number of sulfonamides is 1. The molecule has 0 fully saturated rings. The van der Waals surface area contributed by atoms with E-state index in [2.05, 4.69) is 20.7 Å². The molecule has 18 heavy (non-hydrogen) atoms. The van der Waals surface area contributed by atoms with Gasteiger partial charge in [0.15, 0.2) is 0 Å². The van der Waals surface area contributed by atoms with E-state index in [4.69, 9.17) is 16.3 Å². The highest BCUT2D eigenvalue weighted by Gasteiger charge is 2.13. The molecule has 1 rings (SSSR count). The summed E-state index contributed by atoms with van der Waals surface area (Å²) in [4.78, 5) is 0.347. The summed E-state index contributed by atoms with van der Waals surface area (Å²) in [5.74, 6) is 0. The number of alkyl halides is 1. The Labute approximate surface area is 121 Å². The molecule has 0 bridgehead atoms. The minimum atomic E-state index is -3.46. The molecule has 1 aromatic rings. The third kappa shape index (κ3) is 5.24. The number of rotatable bonds is 7. The highest BCUT2D eigenvalue weighted by molar-refractivity contribution is 9.09. The Bertz CT molecular complexity index is 464. The van der Waals surface area contributed by atoms with E-state index in [0.29, 0.717) is 24.6 Å². The van der Waals surface area contributed by atoms with Gasteiger partial charge in [-0.2, -0.15) is 0 Å². The zero-order valence-corrected chi connectivity index (χ0v) is 13.1. The Morgan fingerprint density at radius 1 is 1.39 bits per heavy atom. The zero-order valence-electron chi connectivity index (χ0n) is 9.90. The lowest BCUT2D eigenvalue weighted by Gasteiger charge is -2.10. The van der Waals surface area contributed by atoms with Crippen LogP contribution in [-0.2, 0) is 14.8 Å². The Hall–Kier alpha value is -0.140. The molecule has 4 nitrogen and oxygen atoms in total. The van der Waals surface area contributed by atoms with Gasteiger partial charge in [0.25, 0.3) is 0 Å². The normalized spacial score (nSPS) is 13.5. The summed E-state index contributed by atoms with van der Waals surface area (Å²) in [5.41, 5.74) is 0. The van der Waals surface area contributed by atoms with Crippen molar-refractivity contribution in [3.63, 3.8) is 0 Å². The minimum Gasteiger partial charge on any atom is -0.384 e. The molecule has 0 aliphatic heterocycles. The molecule has 7 heteroatoms. The molecule has 0 spiro atoms. The third-order valence-corrected chi connectivity index (χ3v) is 4.67. The van der Waals surface area contributed by atoms with Crippen LogP contribution in [0.25, 0.3) is 0 Å². The molecule has 1 unspecified atom stereocenters. The van der Waals surface area contributed by atoms with E-state index in [1.165, 1.54) is 12.1 Å². The van der Waals surface area contributed by atoms with Crippen LogP contribution in [0, 0.1) is 0 Å². The minimum absolute atomic E-state index is 0.135. The smallest absolute Gasteiger partial charge is 0.240 e. The third-order valence-electron chi connectivity index (χ3n) is 2.22. The van der Waals surface area contributed by atoms with E-state index in [9.17, 15) is 8.42 Å². The van der Waals surface area contributed by atoms with Crippen LogP contribution in [0.1, 0.15) is 6.42 Å². The van der Waals surface area contributed by atoms with E-state index < -0.39 is 10.0 Å². The molecule has 1 aromatic carbocycles. The summed E-state index contributed by atoms with van der Waals surface area (Å²) in [6, 6.07) is 6.06. The van der Waals surface area contributed by atoms with E-state index in [1.54, 1.807) is 19.2 Å². The maximum absolute atomic E-state index is 11.9. The van der Waals surface area contributed by atoms with Crippen molar-refractivity contribution < 1.29 is 13.2 Å². The van der Waals surface area contributed by atoms with Gasteiger partial charge in [-0.3, -0.25) is 0 Å². The second-order valence-electron chi connectivity index (χ2n) is 3.69. The number of halogens is 2. The van der Waals surface area contributed by atoms with Crippen molar-refractivity contribution in [2.24, 2.45) is 0 Å². The van der Waals surface area contributed by atoms with Crippen LogP contribution in [0.4, 0.5) is 0 Å². The average molecular weight is 357 g/mol. The summed E-state index contributed by atoms with van der Waals surface area (Å²) in [5, 5.41) is 0.509. The van der Waals surface area contributed by atoms with Crippen molar-refractivity contribution in [3.05, 3.63) is 29.3 Å². The lowest BCUT2D eigenvalue weighted by molar-refractivity contribution is 0.199. The van der Waals surface area contributed by atoms with Crippen molar-refractivity contribution in [2.75, 3.05) is 20.3 Å². The van der Waals surface area contributed by atoms with Gasteiger partial charge in [0, 0.05) is 23.5 Å². The largest absolute Gasteiger partial charge is 0.384 e. The molecule has 0 aromatic heterocycles. The molecule has 0 saturated carbocycles. The number of hydrogen-bond donors (Lipinski definition) is 1. The second kappa shape index (κ2) is 7.45. The Kier molecular flexibility index (Phi) is 6.59. The maximum atomic E-state index is 11.9. The lowest BCUT2D eigenvalue weighted by Crippen LogP contribution is -2.27. The standard InChI is InChI=1S/C11H15BrClNO3S/c1-17-8-9(12)6-7-14-18(15,16)11-4-2-10(13)3-5-11/h2-5,9,14H,6-8H2,1H3. The zero-order chi connectivity index (χ0) is 13.6. The predicted molar refractivity (Wildman–Crippen MR) is 75.8 cm³/mol. The van der Waals surface area contributed by atoms with E-state index >= 15 is 0 Å². The predicted octanol–water partition coefficient (Wildman–Crippen LogP) is 2.42. The summed E-state index contributed by atoms with van der Waals surface area (Å²) >= 11 is 9.10. The molecule has 0 saturated heterocycles. The first-order valence-corrected chi connectivity index (χ1v) is 8.11. The summed E-state index contributed by atoms with van der Waals surface area (Å²) in [7, 11) is -1.85. The average Bonchev–Trinajstić information content (AvgIpc) is 2.29. The van der Waals surface area contributed by atoms with Gasteiger partial charge < -0.3 is 4.74 Å². The first-order valence-electron chi connectivity index (χ1n) is 5.34. The molecular weight excluding hydrogens is 342 g/mol. The van der Waals surface area contributed by atoms with Gasteiger partial charge in [-0.15, -0.1) is 0 Å². The number of methoxy groups -OCH3 is 1. The van der Waals surface area contributed by atoms with Crippen LogP contribution in [0.15, 0.2) is 29.2 Å². The van der Waals surface area contributed by atoms with Crippen molar-refractivity contribution in [2.45, 2.75) is 16.1 Å². The number of nitrogens with one attached hydrogen (secondary N) is 1. The van der Waals surface area contributed by atoms with Crippen LogP contribution in [0.5, 0.6) is 0 Å². The van der Waals surface area contributed by atoms with Gasteiger partial charge in [0.1, 0.15) is 0 Å². The quantitative estimate of drug-likeness (QED) is 0.763. The molecule has 0 aliphatic carbocycles. The van der Waals surface area contributed by atoms with Gasteiger partial charge in [0.2, 0.25) is 10.0 Å². The van der Waals surface area contributed by atoms with Crippen LogP contribution >= 0.6 is 27.5 Å². The molecule has 0 heterocycles. The van der Waals surface area contributed by atoms with Gasteiger partial charge in [0.05, 0.1) is 11.5 Å². The Balaban J connectivity index is 2.52. The van der Waals surface area contributed by atoms with Crippen LogP contribution in [0.3, 0.4) is 0 Å². The van der Waals surface area contributed by atoms with Crippen molar-refractivity contribution in [3.8, 4) is 0 Å². The van der Waals surface area contributed by atoms with Gasteiger partial charge in [-0.1, -0.05) is 27.5 Å². The van der Waals surface area contributed by atoms with Crippen LogP contribution < -0.4 is 4.72 Å². The molecule has 102 valence electrons. The molecule has 1 atom stereocenters. The second-order valence-corrected chi connectivity index (χ2v) is 7.19. The summed E-state index contributed by atoms with van der Waals surface area (Å²) in [6.07, 6.45) is 0.653. The number of ether oxygens (including phenoxy) is 1. The van der Waals surface area contributed by atoms with Crippen molar-refractivity contribution in [1.82, 2.24) is 4.72 Å². The maximum Gasteiger partial charge on any atom is 0.240 e. The van der Waals surface area contributed by atoms with Crippen LogP contribution in [0.2, 0.25) is 5.02 Å². The Morgan fingerprint density at radius 2 is 2.00 bits per heavy atom. The van der Waals surface area contributed by atoms with Crippen molar-refractivity contribution >= 4 is 37.6 Å². The topological polar surface area (TPSA) is 55.4 Å². The highest BCUT2D eigenvalue weighted by Crippen LogP contribution is 2.14. The van der Waals surface area contributed by atoms with Gasteiger partial charge >= 0.3 is 0 Å². The molecule has 0 aliphatic rings. The van der Waals surface area contributed by atoms with E-state index in [0.717, 1.165) is 0 Å².